The van der Waals surface area contributed by atoms with Crippen LogP contribution in [0.1, 0.15) is 33.1 Å². The number of fused-ring (bicyclic) bond motifs is 1. The maximum Gasteiger partial charge on any atom is 0.0716 e. The molecule has 2 heteroatoms. The lowest BCUT2D eigenvalue weighted by atomic mass is 9.84. The number of hydrogen-bond acceptors (Lipinski definition) is 2. The van der Waals surface area contributed by atoms with Crippen molar-refractivity contribution < 1.29 is 4.74 Å². The molecule has 0 amide bonds. The second-order valence-electron chi connectivity index (χ2n) is 5.69. The molecule has 0 aromatic heterocycles. The summed E-state index contributed by atoms with van der Waals surface area (Å²) in [7, 11) is 1.84. The van der Waals surface area contributed by atoms with Crippen LogP contribution in [0, 0.1) is 5.92 Å². The largest absolute Gasteiger partial charge is 0.380 e. The van der Waals surface area contributed by atoms with Gasteiger partial charge < -0.3 is 4.74 Å². The first-order valence-corrected chi connectivity index (χ1v) is 6.00. The van der Waals surface area contributed by atoms with E-state index in [2.05, 4.69) is 25.3 Å². The smallest absolute Gasteiger partial charge is 0.0716 e. The number of rotatable bonds is 3. The van der Waals surface area contributed by atoms with E-state index < -0.39 is 0 Å². The molecular weight excluding hydrogens is 186 g/mol. The Labute approximate surface area is 93.3 Å². The molecule has 0 N–H and O–H groups in total. The Morgan fingerprint density at radius 3 is 2.93 bits per heavy atom. The van der Waals surface area contributed by atoms with E-state index in [1.807, 2.05) is 7.11 Å². The third kappa shape index (κ3) is 1.98. The van der Waals surface area contributed by atoms with Crippen LogP contribution in [0.2, 0.25) is 0 Å². The van der Waals surface area contributed by atoms with Gasteiger partial charge in [-0.2, -0.15) is 0 Å². The zero-order valence-corrected chi connectivity index (χ0v) is 10.3. The third-order valence-corrected chi connectivity index (χ3v) is 3.82. The molecule has 2 aliphatic rings. The molecule has 0 radical (unpaired) electrons. The number of hydrogen-bond donors (Lipinski definition) is 0. The molecule has 15 heavy (non-hydrogen) atoms. The van der Waals surface area contributed by atoms with E-state index in [-0.39, 0.29) is 0 Å². The minimum absolute atomic E-state index is 0.381. The second-order valence-corrected chi connectivity index (χ2v) is 5.69. The highest BCUT2D eigenvalue weighted by atomic mass is 16.5. The van der Waals surface area contributed by atoms with E-state index in [4.69, 9.17) is 4.74 Å². The van der Waals surface area contributed by atoms with Crippen molar-refractivity contribution >= 4 is 0 Å². The summed E-state index contributed by atoms with van der Waals surface area (Å²) in [6.07, 6.45) is 4.11. The average molecular weight is 209 g/mol. The molecule has 2 rings (SSSR count). The normalized spacial score (nSPS) is 36.5. The van der Waals surface area contributed by atoms with Gasteiger partial charge in [0.2, 0.25) is 0 Å². The van der Waals surface area contributed by atoms with Gasteiger partial charge in [0.15, 0.2) is 0 Å². The zero-order valence-electron chi connectivity index (χ0n) is 10.3. The SMILES string of the molecule is C=C1CN2C[C@H](OC)CC2(CC(C)C)C1. The standard InChI is InChI=1S/C13H23NO/c1-10(2)5-13-6-11(3)8-14(13)9-12(7-13)15-4/h10,12H,3,5-9H2,1-2,4H3/t12-,13?/m1/s1. The molecule has 0 saturated carbocycles. The maximum absolute atomic E-state index is 5.52. The van der Waals surface area contributed by atoms with Crippen LogP contribution in [0.15, 0.2) is 12.2 Å². The van der Waals surface area contributed by atoms with Gasteiger partial charge >= 0.3 is 0 Å². The predicted octanol–water partition coefficient (Wildman–Crippen LogP) is 2.45. The fourth-order valence-corrected chi connectivity index (χ4v) is 3.47. The zero-order chi connectivity index (χ0) is 11.1. The van der Waals surface area contributed by atoms with Gasteiger partial charge in [-0.25, -0.2) is 0 Å². The molecule has 2 aliphatic heterocycles. The van der Waals surface area contributed by atoms with Gasteiger partial charge in [0, 0.05) is 25.7 Å². The minimum Gasteiger partial charge on any atom is -0.380 e. The van der Waals surface area contributed by atoms with Gasteiger partial charge in [0.25, 0.3) is 0 Å². The van der Waals surface area contributed by atoms with E-state index in [1.165, 1.54) is 24.8 Å². The molecule has 1 unspecified atom stereocenters. The van der Waals surface area contributed by atoms with Crippen LogP contribution in [0.3, 0.4) is 0 Å². The van der Waals surface area contributed by atoms with E-state index in [0.29, 0.717) is 11.6 Å². The van der Waals surface area contributed by atoms with Crippen LogP contribution in [0.4, 0.5) is 0 Å². The van der Waals surface area contributed by atoms with E-state index >= 15 is 0 Å². The molecule has 0 aromatic rings. The van der Waals surface area contributed by atoms with Gasteiger partial charge in [-0.1, -0.05) is 26.0 Å². The molecule has 2 fully saturated rings. The molecule has 2 saturated heterocycles. The molecule has 2 nitrogen and oxygen atoms in total. The summed E-state index contributed by atoms with van der Waals surface area (Å²) < 4.78 is 5.52. The molecule has 86 valence electrons. The number of nitrogens with zero attached hydrogens (tertiary/aromatic N) is 1. The summed E-state index contributed by atoms with van der Waals surface area (Å²) in [6, 6.07) is 0. The molecule has 0 spiro atoms. The Hall–Kier alpha value is -0.340. The molecular formula is C13H23NO. The quantitative estimate of drug-likeness (QED) is 0.662. The van der Waals surface area contributed by atoms with E-state index in [1.54, 1.807) is 0 Å². The van der Waals surface area contributed by atoms with Crippen molar-refractivity contribution in [1.29, 1.82) is 0 Å². The monoisotopic (exact) mass is 209 g/mol. The van der Waals surface area contributed by atoms with Crippen molar-refractivity contribution in [3.05, 3.63) is 12.2 Å². The Kier molecular flexibility index (Phi) is 2.91. The van der Waals surface area contributed by atoms with Gasteiger partial charge in [0.05, 0.1) is 6.10 Å². The van der Waals surface area contributed by atoms with Gasteiger partial charge in [-0.05, 0) is 25.2 Å². The first-order chi connectivity index (χ1) is 7.05. The van der Waals surface area contributed by atoms with Crippen molar-refractivity contribution in [2.75, 3.05) is 20.2 Å². The highest BCUT2D eigenvalue weighted by Gasteiger charge is 2.49. The molecule has 0 aromatic carbocycles. The van der Waals surface area contributed by atoms with Crippen LogP contribution in [-0.2, 0) is 4.74 Å². The number of methoxy groups -OCH3 is 1. The minimum atomic E-state index is 0.381. The highest BCUT2D eigenvalue weighted by Crippen LogP contribution is 2.45. The Morgan fingerprint density at radius 2 is 2.33 bits per heavy atom. The van der Waals surface area contributed by atoms with Gasteiger partial charge in [-0.15, -0.1) is 0 Å². The van der Waals surface area contributed by atoms with Crippen LogP contribution < -0.4 is 0 Å². The van der Waals surface area contributed by atoms with Gasteiger partial charge in [-0.3, -0.25) is 4.90 Å². The second kappa shape index (κ2) is 3.91. The Balaban J connectivity index is 2.13. The lowest BCUT2D eigenvalue weighted by Crippen LogP contribution is -2.39. The van der Waals surface area contributed by atoms with E-state index in [9.17, 15) is 0 Å². The fraction of sp³-hybridized carbons (Fsp3) is 0.846. The lowest BCUT2D eigenvalue weighted by molar-refractivity contribution is 0.108. The van der Waals surface area contributed by atoms with Crippen molar-refractivity contribution in [1.82, 2.24) is 4.90 Å². The van der Waals surface area contributed by atoms with Crippen LogP contribution in [-0.4, -0.2) is 36.7 Å². The summed E-state index contributed by atoms with van der Waals surface area (Å²) in [5.41, 5.74) is 1.79. The molecule has 2 heterocycles. The third-order valence-electron chi connectivity index (χ3n) is 3.82. The molecule has 2 atom stereocenters. The lowest BCUT2D eigenvalue weighted by Gasteiger charge is -2.33. The van der Waals surface area contributed by atoms with Crippen molar-refractivity contribution in [3.8, 4) is 0 Å². The number of ether oxygens (including phenoxy) is 1. The summed E-state index contributed by atoms with van der Waals surface area (Å²) in [4.78, 5) is 2.60. The molecule has 0 bridgehead atoms. The average Bonchev–Trinajstić information content (AvgIpc) is 2.54. The summed E-state index contributed by atoms with van der Waals surface area (Å²) in [6.45, 7) is 11.0. The van der Waals surface area contributed by atoms with Crippen molar-refractivity contribution in [2.24, 2.45) is 5.92 Å². The van der Waals surface area contributed by atoms with Crippen molar-refractivity contribution in [3.63, 3.8) is 0 Å². The first-order valence-electron chi connectivity index (χ1n) is 6.00. The van der Waals surface area contributed by atoms with Crippen LogP contribution in [0.25, 0.3) is 0 Å². The summed E-state index contributed by atoms with van der Waals surface area (Å²) in [5, 5.41) is 0. The Morgan fingerprint density at radius 1 is 1.60 bits per heavy atom. The Bertz CT molecular complexity index is 261. The fourth-order valence-electron chi connectivity index (χ4n) is 3.47. The van der Waals surface area contributed by atoms with Crippen LogP contribution >= 0.6 is 0 Å². The molecule has 0 aliphatic carbocycles. The topological polar surface area (TPSA) is 12.5 Å². The van der Waals surface area contributed by atoms with Crippen LogP contribution in [0.5, 0.6) is 0 Å². The highest BCUT2D eigenvalue weighted by molar-refractivity contribution is 5.19. The predicted molar refractivity (Wildman–Crippen MR) is 62.9 cm³/mol. The summed E-state index contributed by atoms with van der Waals surface area (Å²) >= 11 is 0. The van der Waals surface area contributed by atoms with Gasteiger partial charge in [0.1, 0.15) is 0 Å². The van der Waals surface area contributed by atoms with Crippen molar-refractivity contribution in [2.45, 2.75) is 44.8 Å². The maximum atomic E-state index is 5.52. The summed E-state index contributed by atoms with van der Waals surface area (Å²) in [5.74, 6) is 0.758. The van der Waals surface area contributed by atoms with E-state index in [0.717, 1.165) is 19.0 Å². The first kappa shape index (κ1) is 11.2.